The summed E-state index contributed by atoms with van der Waals surface area (Å²) in [5, 5.41) is 0.323. The molecule has 0 radical (unpaired) electrons. The third kappa shape index (κ3) is 6.47. The molecule has 37 heavy (non-hydrogen) atoms. The molecule has 0 N–H and O–H groups in total. The first-order chi connectivity index (χ1) is 17.2. The lowest BCUT2D eigenvalue weighted by molar-refractivity contribution is 0.568. The Morgan fingerprint density at radius 2 is 1.68 bits per heavy atom. The Morgan fingerprint density at radius 1 is 1.00 bits per heavy atom. The molecule has 3 aromatic carbocycles. The topological polar surface area (TPSA) is 55.2 Å². The van der Waals surface area contributed by atoms with Gasteiger partial charge in [0, 0.05) is 30.0 Å². The van der Waals surface area contributed by atoms with Gasteiger partial charge in [0.1, 0.15) is 17.5 Å². The minimum absolute atomic E-state index is 0. The molecule has 1 aromatic heterocycles. The monoisotopic (exact) mass is 569 g/mol. The van der Waals surface area contributed by atoms with Crippen molar-refractivity contribution < 1.29 is 21.6 Å². The van der Waals surface area contributed by atoms with Gasteiger partial charge in [0.15, 0.2) is 0 Å². The predicted molar refractivity (Wildman–Crippen MR) is 140 cm³/mol. The minimum Gasteiger partial charge on any atom is -0.337 e. The number of rotatable bonds is 9. The molecule has 0 amide bonds. The van der Waals surface area contributed by atoms with Crippen LogP contribution in [0.4, 0.5) is 18.9 Å². The van der Waals surface area contributed by atoms with Gasteiger partial charge in [0.2, 0.25) is 0 Å². The number of benzene rings is 3. The molecule has 0 aliphatic carbocycles. The van der Waals surface area contributed by atoms with Gasteiger partial charge in [-0.2, -0.15) is 0 Å². The van der Waals surface area contributed by atoms with Gasteiger partial charge in [-0.25, -0.2) is 26.6 Å². The van der Waals surface area contributed by atoms with Crippen LogP contribution >= 0.6 is 24.0 Å². The molecule has 4 aromatic rings. The summed E-state index contributed by atoms with van der Waals surface area (Å²) in [5.41, 5.74) is 0.588. The highest BCUT2D eigenvalue weighted by molar-refractivity contribution is 7.92. The van der Waals surface area contributed by atoms with Gasteiger partial charge >= 0.3 is 0 Å². The van der Waals surface area contributed by atoms with Crippen molar-refractivity contribution in [3.05, 3.63) is 113 Å². The van der Waals surface area contributed by atoms with Crippen LogP contribution in [0.2, 0.25) is 5.02 Å². The van der Waals surface area contributed by atoms with E-state index in [1.165, 1.54) is 42.5 Å². The summed E-state index contributed by atoms with van der Waals surface area (Å²) in [7, 11) is -4.38. The second-order valence-corrected chi connectivity index (χ2v) is 10.5. The normalized spacial score (nSPS) is 12.1. The highest BCUT2D eigenvalue weighted by Gasteiger charge is 2.33. The molecule has 0 saturated carbocycles. The summed E-state index contributed by atoms with van der Waals surface area (Å²) in [6, 6.07) is 11.1. The quantitative estimate of drug-likeness (QED) is 0.219. The van der Waals surface area contributed by atoms with E-state index in [4.69, 9.17) is 11.6 Å². The number of aromatic nitrogens is 2. The van der Waals surface area contributed by atoms with Gasteiger partial charge in [-0.05, 0) is 79.4 Å². The second kappa shape index (κ2) is 12.0. The Kier molecular flexibility index (Phi) is 9.28. The van der Waals surface area contributed by atoms with Gasteiger partial charge in [-0.15, -0.1) is 12.4 Å². The molecule has 5 nitrogen and oxygen atoms in total. The van der Waals surface area contributed by atoms with Crippen LogP contribution in [0, 0.1) is 17.5 Å². The van der Waals surface area contributed by atoms with Crippen LogP contribution < -0.4 is 4.31 Å². The van der Waals surface area contributed by atoms with Crippen molar-refractivity contribution in [2.24, 2.45) is 0 Å². The van der Waals surface area contributed by atoms with E-state index in [9.17, 15) is 21.6 Å². The number of hydrogen-bond acceptors (Lipinski definition) is 3. The van der Waals surface area contributed by atoms with E-state index >= 15 is 0 Å². The lowest BCUT2D eigenvalue weighted by Crippen LogP contribution is -2.35. The fourth-order valence-corrected chi connectivity index (χ4v) is 5.88. The Balaban J connectivity index is 0.00000380. The second-order valence-electron chi connectivity index (χ2n) is 8.27. The van der Waals surface area contributed by atoms with E-state index in [2.05, 4.69) is 4.98 Å². The van der Waals surface area contributed by atoms with Crippen molar-refractivity contribution in [3.8, 4) is 0 Å². The van der Waals surface area contributed by atoms with E-state index in [0.717, 1.165) is 22.5 Å². The molecule has 196 valence electrons. The zero-order valence-corrected chi connectivity index (χ0v) is 22.1. The van der Waals surface area contributed by atoms with Gasteiger partial charge in [0.05, 0.1) is 23.0 Å². The third-order valence-corrected chi connectivity index (χ3v) is 8.00. The number of imidazole rings is 1. The van der Waals surface area contributed by atoms with E-state index in [1.54, 1.807) is 19.4 Å². The predicted octanol–water partition coefficient (Wildman–Crippen LogP) is 6.96. The summed E-state index contributed by atoms with van der Waals surface area (Å²) in [6.07, 6.45) is 6.18. The van der Waals surface area contributed by atoms with Crippen LogP contribution in [0.15, 0.2) is 84.3 Å². The van der Waals surface area contributed by atoms with Crippen molar-refractivity contribution >= 4 is 39.7 Å². The average Bonchev–Trinajstić information content (AvgIpc) is 3.35. The molecule has 0 spiro atoms. The van der Waals surface area contributed by atoms with E-state index < -0.39 is 39.2 Å². The maximum Gasteiger partial charge on any atom is 0.264 e. The molecule has 0 fully saturated rings. The fourth-order valence-electron chi connectivity index (χ4n) is 4.12. The molecular formula is C26H24Cl2F3N3O2S. The summed E-state index contributed by atoms with van der Waals surface area (Å²) < 4.78 is 73.6. The molecule has 11 heteroatoms. The van der Waals surface area contributed by atoms with Crippen LogP contribution in [0.1, 0.15) is 30.5 Å². The maximum atomic E-state index is 15.0. The molecule has 1 unspecified atom stereocenters. The first-order valence-electron chi connectivity index (χ1n) is 11.2. The fraction of sp³-hybridized carbons (Fsp3) is 0.192. The van der Waals surface area contributed by atoms with Crippen LogP contribution in [0.3, 0.4) is 0 Å². The number of aryl methyl sites for hydroxylation is 2. The SMILES string of the molecule is CC(c1ccc(F)cc1CCCn1ccnc1)N(c1cc(F)ccc1F)S(=O)(=O)c1ccc(Cl)cc1.Cl. The van der Waals surface area contributed by atoms with Crippen molar-refractivity contribution in [1.29, 1.82) is 0 Å². The van der Waals surface area contributed by atoms with Crippen LogP contribution in [0.25, 0.3) is 0 Å². The maximum absolute atomic E-state index is 15.0. The van der Waals surface area contributed by atoms with Crippen molar-refractivity contribution in [2.45, 2.75) is 37.2 Å². The Morgan fingerprint density at radius 3 is 2.35 bits per heavy atom. The zero-order valence-electron chi connectivity index (χ0n) is 19.7. The number of halogens is 5. The summed E-state index contributed by atoms with van der Waals surface area (Å²) in [5.74, 6) is -2.19. The first-order valence-corrected chi connectivity index (χ1v) is 13.0. The van der Waals surface area contributed by atoms with Gasteiger partial charge in [-0.3, -0.25) is 4.31 Å². The highest BCUT2D eigenvalue weighted by Crippen LogP contribution is 2.37. The van der Waals surface area contributed by atoms with Crippen LogP contribution in [0.5, 0.6) is 0 Å². The summed E-state index contributed by atoms with van der Waals surface area (Å²) in [4.78, 5) is 3.85. The lowest BCUT2D eigenvalue weighted by atomic mass is 9.97. The number of nitrogens with zero attached hydrogens (tertiary/aromatic N) is 3. The number of hydrogen-bond donors (Lipinski definition) is 0. The van der Waals surface area contributed by atoms with Crippen LogP contribution in [-0.4, -0.2) is 18.0 Å². The van der Waals surface area contributed by atoms with Crippen molar-refractivity contribution in [2.75, 3.05) is 4.31 Å². The Labute approximate surface area is 225 Å². The van der Waals surface area contributed by atoms with Gasteiger partial charge in [-0.1, -0.05) is 17.7 Å². The molecule has 0 aliphatic rings. The number of sulfonamides is 1. The van der Waals surface area contributed by atoms with Gasteiger partial charge < -0.3 is 4.57 Å². The molecule has 0 aliphatic heterocycles. The molecule has 1 heterocycles. The third-order valence-electron chi connectivity index (χ3n) is 5.84. The molecule has 0 saturated heterocycles. The largest absolute Gasteiger partial charge is 0.337 e. The summed E-state index contributed by atoms with van der Waals surface area (Å²) in [6.45, 7) is 2.18. The van der Waals surface area contributed by atoms with Crippen LogP contribution in [-0.2, 0) is 23.0 Å². The summed E-state index contributed by atoms with van der Waals surface area (Å²) >= 11 is 5.92. The number of anilines is 1. The Bertz CT molecular complexity index is 1450. The van der Waals surface area contributed by atoms with Crippen molar-refractivity contribution in [1.82, 2.24) is 9.55 Å². The lowest BCUT2D eigenvalue weighted by Gasteiger charge is -2.32. The zero-order chi connectivity index (χ0) is 25.9. The highest BCUT2D eigenvalue weighted by atomic mass is 35.5. The minimum atomic E-state index is -4.38. The van der Waals surface area contributed by atoms with E-state index in [1.807, 2.05) is 10.8 Å². The van der Waals surface area contributed by atoms with Gasteiger partial charge in [0.25, 0.3) is 10.0 Å². The smallest absolute Gasteiger partial charge is 0.264 e. The van der Waals surface area contributed by atoms with E-state index in [0.29, 0.717) is 35.5 Å². The van der Waals surface area contributed by atoms with E-state index in [-0.39, 0.29) is 17.3 Å². The molecule has 0 bridgehead atoms. The standard InChI is InChI=1S/C26H23ClF3N3O2S.ClH/c1-18(24-10-6-21(28)15-19(24)3-2-13-32-14-12-31-17-32)33(26-16-22(29)7-11-25(26)30)36(34,35)23-8-4-20(27)5-9-23;/h4-12,14-18H,2-3,13H2,1H3;1H. The first kappa shape index (κ1) is 28.6. The average molecular weight is 570 g/mol. The molecule has 4 rings (SSSR count). The molecular weight excluding hydrogens is 546 g/mol. The molecule has 1 atom stereocenters. The Hall–Kier alpha value is -3.01. The van der Waals surface area contributed by atoms with Crippen molar-refractivity contribution in [3.63, 3.8) is 0 Å².